The monoisotopic (exact) mass is 455 g/mol. The summed E-state index contributed by atoms with van der Waals surface area (Å²) < 4.78 is 6.03. The Morgan fingerprint density at radius 2 is 1.91 bits per heavy atom. The maximum Gasteiger partial charge on any atom is 0.131 e. The minimum absolute atomic E-state index is 0.435. The molecule has 3 aromatic rings. The first kappa shape index (κ1) is 21.7. The lowest BCUT2D eigenvalue weighted by atomic mass is 9.89. The van der Waals surface area contributed by atoms with Gasteiger partial charge in [-0.25, -0.2) is 0 Å². The molecule has 1 aromatic heterocycles. The molecule has 5 rings (SSSR count). The van der Waals surface area contributed by atoms with Gasteiger partial charge in [0.05, 0.1) is 17.3 Å². The van der Waals surface area contributed by atoms with Gasteiger partial charge in [-0.1, -0.05) is 35.9 Å². The third kappa shape index (κ3) is 4.80. The topological polar surface area (TPSA) is 49.2 Å². The zero-order valence-electron chi connectivity index (χ0n) is 18.5. The van der Waals surface area contributed by atoms with Crippen molar-refractivity contribution in [3.05, 3.63) is 99.8 Å². The number of piperidine rings is 1. The lowest BCUT2D eigenvalue weighted by Gasteiger charge is -2.32. The summed E-state index contributed by atoms with van der Waals surface area (Å²) in [5.74, 6) is 1.42. The van der Waals surface area contributed by atoms with Gasteiger partial charge < -0.3 is 9.64 Å². The smallest absolute Gasteiger partial charge is 0.131 e. The van der Waals surface area contributed by atoms with Crippen molar-refractivity contribution in [2.24, 2.45) is 0 Å². The number of likely N-dealkylation sites (tertiary alicyclic amines) is 1. The molecule has 2 aromatic carbocycles. The average Bonchev–Trinajstić information content (AvgIpc) is 3.02. The first-order chi connectivity index (χ1) is 16.2. The Bertz CT molecular complexity index is 1200. The van der Waals surface area contributed by atoms with Gasteiger partial charge in [0.25, 0.3) is 0 Å². The second kappa shape index (κ2) is 9.79. The highest BCUT2D eigenvalue weighted by Gasteiger charge is 2.22. The molecule has 4 nitrogen and oxygen atoms in total. The molecule has 0 spiro atoms. The van der Waals surface area contributed by atoms with E-state index in [9.17, 15) is 5.26 Å². The number of nitriles is 1. The number of aromatic nitrogens is 1. The molecular weight excluding hydrogens is 430 g/mol. The average molecular weight is 456 g/mol. The van der Waals surface area contributed by atoms with E-state index in [1.807, 2.05) is 36.4 Å². The molecule has 0 atom stereocenters. The molecule has 166 valence electrons. The third-order valence-corrected chi connectivity index (χ3v) is 6.92. The van der Waals surface area contributed by atoms with Crippen LogP contribution in [0.4, 0.5) is 0 Å². The van der Waals surface area contributed by atoms with E-state index < -0.39 is 0 Å². The van der Waals surface area contributed by atoms with Crippen LogP contribution in [0.3, 0.4) is 0 Å². The van der Waals surface area contributed by atoms with Gasteiger partial charge in [0.2, 0.25) is 0 Å². The number of ether oxygens (including phenoxy) is 1. The molecule has 5 heteroatoms. The number of fused-ring (bicyclic) bond motifs is 2. The zero-order chi connectivity index (χ0) is 22.6. The number of pyridine rings is 1. The summed E-state index contributed by atoms with van der Waals surface area (Å²) in [5, 5.41) is 10.2. The summed E-state index contributed by atoms with van der Waals surface area (Å²) in [5.41, 5.74) is 6.14. The van der Waals surface area contributed by atoms with Crippen LogP contribution in [-0.2, 0) is 6.61 Å². The number of hydrogen-bond acceptors (Lipinski definition) is 4. The lowest BCUT2D eigenvalue weighted by molar-refractivity contribution is 0.216. The van der Waals surface area contributed by atoms with Crippen LogP contribution < -0.4 is 4.74 Å². The van der Waals surface area contributed by atoms with Crippen molar-refractivity contribution in [2.45, 2.75) is 31.8 Å². The number of rotatable bonds is 4. The van der Waals surface area contributed by atoms with E-state index in [-0.39, 0.29) is 0 Å². The molecule has 33 heavy (non-hydrogen) atoms. The first-order valence-corrected chi connectivity index (χ1v) is 11.9. The summed E-state index contributed by atoms with van der Waals surface area (Å²) in [7, 11) is 0. The van der Waals surface area contributed by atoms with E-state index in [0.717, 1.165) is 59.2 Å². The molecule has 0 aliphatic carbocycles. The van der Waals surface area contributed by atoms with E-state index in [1.54, 1.807) is 6.20 Å². The number of benzene rings is 2. The van der Waals surface area contributed by atoms with Crippen molar-refractivity contribution < 1.29 is 4.74 Å². The van der Waals surface area contributed by atoms with E-state index >= 15 is 0 Å². The van der Waals surface area contributed by atoms with Gasteiger partial charge in [0, 0.05) is 28.9 Å². The second-order valence-electron chi connectivity index (χ2n) is 8.68. The van der Waals surface area contributed by atoms with Crippen LogP contribution in [0, 0.1) is 11.3 Å². The third-order valence-electron chi connectivity index (χ3n) is 6.67. The van der Waals surface area contributed by atoms with Gasteiger partial charge in [-0.3, -0.25) is 4.98 Å². The van der Waals surface area contributed by atoms with Crippen molar-refractivity contribution in [3.63, 3.8) is 0 Å². The van der Waals surface area contributed by atoms with Gasteiger partial charge in [0.15, 0.2) is 0 Å². The summed E-state index contributed by atoms with van der Waals surface area (Å²) in [6.45, 7) is 3.66. The molecule has 3 heterocycles. The summed E-state index contributed by atoms with van der Waals surface area (Å²) in [6.07, 6.45) is 7.38. The van der Waals surface area contributed by atoms with Crippen LogP contribution in [0.15, 0.2) is 66.9 Å². The fourth-order valence-electron chi connectivity index (χ4n) is 4.86. The van der Waals surface area contributed by atoms with Crippen LogP contribution in [0.2, 0.25) is 5.02 Å². The van der Waals surface area contributed by atoms with Gasteiger partial charge in [-0.05, 0) is 85.8 Å². The molecule has 0 amide bonds. The summed E-state index contributed by atoms with van der Waals surface area (Å²) in [4.78, 5) is 7.10. The van der Waals surface area contributed by atoms with E-state index in [2.05, 4.69) is 40.2 Å². The van der Waals surface area contributed by atoms with E-state index in [4.69, 9.17) is 16.3 Å². The fraction of sp³-hybridized carbons (Fsp3) is 0.286. The molecular formula is C28H26ClN3O. The van der Waals surface area contributed by atoms with Crippen molar-refractivity contribution in [1.29, 1.82) is 5.26 Å². The number of nitrogens with zero attached hydrogens (tertiary/aromatic N) is 3. The second-order valence-corrected chi connectivity index (χ2v) is 9.12. The highest BCUT2D eigenvalue weighted by Crippen LogP contribution is 2.37. The SMILES string of the molecule is N#Cc1ccc2c(c1)/C(=C/CCN1CCC(c3ccc(Cl)cc3)CC1)c1cccnc1CO2. The zero-order valence-corrected chi connectivity index (χ0v) is 19.3. The Hall–Kier alpha value is -3.13. The van der Waals surface area contributed by atoms with Gasteiger partial charge in [0.1, 0.15) is 12.4 Å². The quantitative estimate of drug-likeness (QED) is 0.470. The van der Waals surface area contributed by atoms with Crippen molar-refractivity contribution >= 4 is 17.2 Å². The summed E-state index contributed by atoms with van der Waals surface area (Å²) >= 11 is 6.04. The molecule has 0 saturated carbocycles. The van der Waals surface area contributed by atoms with E-state index in [1.165, 1.54) is 18.4 Å². The lowest BCUT2D eigenvalue weighted by Crippen LogP contribution is -2.33. The van der Waals surface area contributed by atoms with Crippen LogP contribution in [0.1, 0.15) is 53.1 Å². The Balaban J connectivity index is 1.31. The van der Waals surface area contributed by atoms with Crippen molar-refractivity contribution in [1.82, 2.24) is 9.88 Å². The Morgan fingerprint density at radius 3 is 2.70 bits per heavy atom. The van der Waals surface area contributed by atoms with Crippen LogP contribution in [0.25, 0.3) is 5.57 Å². The Labute approximate surface area is 200 Å². The van der Waals surface area contributed by atoms with Crippen LogP contribution in [-0.4, -0.2) is 29.5 Å². The predicted octanol–water partition coefficient (Wildman–Crippen LogP) is 6.20. The Kier molecular flexibility index (Phi) is 6.44. The predicted molar refractivity (Wildman–Crippen MR) is 131 cm³/mol. The van der Waals surface area contributed by atoms with Crippen molar-refractivity contribution in [3.8, 4) is 11.8 Å². The molecule has 0 N–H and O–H groups in total. The Morgan fingerprint density at radius 1 is 1.09 bits per heavy atom. The van der Waals surface area contributed by atoms with Gasteiger partial charge in [-0.2, -0.15) is 5.26 Å². The highest BCUT2D eigenvalue weighted by molar-refractivity contribution is 6.30. The standard InChI is InChI=1S/C28H26ClN3O/c29-23-8-6-21(7-9-23)22-11-15-32(16-12-22)14-2-4-24-25-3-1-13-31-27(25)19-33-28-10-5-20(18-30)17-26(24)28/h1,3-10,13,17,22H,2,11-12,14-16,19H2/b24-4+. The largest absolute Gasteiger partial charge is 0.487 e. The van der Waals surface area contributed by atoms with E-state index in [0.29, 0.717) is 18.1 Å². The highest BCUT2D eigenvalue weighted by atomic mass is 35.5. The van der Waals surface area contributed by atoms with Crippen LogP contribution in [0.5, 0.6) is 5.75 Å². The maximum absolute atomic E-state index is 9.42. The molecule has 0 bridgehead atoms. The maximum atomic E-state index is 9.42. The minimum atomic E-state index is 0.435. The molecule has 1 fully saturated rings. The van der Waals surface area contributed by atoms with Crippen molar-refractivity contribution in [2.75, 3.05) is 19.6 Å². The molecule has 1 saturated heterocycles. The fourth-order valence-corrected chi connectivity index (χ4v) is 4.99. The molecule has 2 aliphatic heterocycles. The molecule has 2 aliphatic rings. The van der Waals surface area contributed by atoms with Gasteiger partial charge >= 0.3 is 0 Å². The van der Waals surface area contributed by atoms with Crippen LogP contribution >= 0.6 is 11.6 Å². The number of halogens is 1. The molecule has 0 radical (unpaired) electrons. The number of hydrogen-bond donors (Lipinski definition) is 0. The summed E-state index contributed by atoms with van der Waals surface area (Å²) in [6, 6.07) is 20.3. The van der Waals surface area contributed by atoms with Gasteiger partial charge in [-0.15, -0.1) is 0 Å². The minimum Gasteiger partial charge on any atom is -0.487 e. The normalized spacial score (nSPS) is 17.5. The molecule has 0 unspecified atom stereocenters. The first-order valence-electron chi connectivity index (χ1n) is 11.5.